The zero-order valence-electron chi connectivity index (χ0n) is 8.17. The highest BCUT2D eigenvalue weighted by molar-refractivity contribution is 7.99. The highest BCUT2D eigenvalue weighted by atomic mass is 32.2. The lowest BCUT2D eigenvalue weighted by molar-refractivity contribution is -0.165. The molecule has 0 bridgehead atoms. The number of hydrogen-bond donors (Lipinski definition) is 0. The van der Waals surface area contributed by atoms with Gasteiger partial charge in [0.15, 0.2) is 0 Å². The van der Waals surface area contributed by atoms with Crippen molar-refractivity contribution in [1.82, 2.24) is 4.90 Å². The van der Waals surface area contributed by atoms with E-state index in [2.05, 4.69) is 9.64 Å². The number of ether oxygens (including phenoxy) is 2. The second-order valence-electron chi connectivity index (χ2n) is 2.97. The molecule has 1 rings (SSSR count). The lowest BCUT2D eigenvalue weighted by Gasteiger charge is -2.26. The van der Waals surface area contributed by atoms with Gasteiger partial charge >= 0.3 is 5.44 Å². The summed E-state index contributed by atoms with van der Waals surface area (Å²) >= 11 is 0.415. The molecular weight excluding hydrogens is 212 g/mol. The fourth-order valence-electron chi connectivity index (χ4n) is 1.18. The normalized spacial score (nSPS) is 19.9. The third kappa shape index (κ3) is 4.54. The Balaban J connectivity index is 2.08. The van der Waals surface area contributed by atoms with E-state index >= 15 is 0 Å². The van der Waals surface area contributed by atoms with Crippen LogP contribution in [0.3, 0.4) is 0 Å². The quantitative estimate of drug-likeness (QED) is 0.659. The Morgan fingerprint density at radius 3 is 2.64 bits per heavy atom. The Labute approximate surface area is 86.7 Å². The van der Waals surface area contributed by atoms with Crippen LogP contribution in [-0.4, -0.2) is 56.1 Å². The van der Waals surface area contributed by atoms with Crippen molar-refractivity contribution in [3.63, 3.8) is 0 Å². The monoisotopic (exact) mass is 227 g/mol. The second-order valence-corrected chi connectivity index (χ2v) is 3.85. The predicted molar refractivity (Wildman–Crippen MR) is 51.7 cm³/mol. The summed E-state index contributed by atoms with van der Waals surface area (Å²) in [6.45, 7) is 3.56. The molecule has 1 fully saturated rings. The maximum Gasteiger partial charge on any atom is 0.407 e. The van der Waals surface area contributed by atoms with E-state index in [1.54, 1.807) is 0 Å². The van der Waals surface area contributed by atoms with Gasteiger partial charge in [0, 0.05) is 19.6 Å². The van der Waals surface area contributed by atoms with Crippen LogP contribution < -0.4 is 0 Å². The molecule has 0 aromatic rings. The van der Waals surface area contributed by atoms with Gasteiger partial charge in [0.25, 0.3) is 0 Å². The van der Waals surface area contributed by atoms with Gasteiger partial charge in [0.1, 0.15) is 0 Å². The summed E-state index contributed by atoms with van der Waals surface area (Å²) in [5.74, 6) is 0. The van der Waals surface area contributed by atoms with E-state index in [9.17, 15) is 8.78 Å². The van der Waals surface area contributed by atoms with E-state index in [1.165, 1.54) is 6.26 Å². The lowest BCUT2D eigenvalue weighted by atomic mass is 10.4. The molecule has 0 atom stereocenters. The first-order chi connectivity index (χ1) is 6.64. The smallest absolute Gasteiger partial charge is 0.379 e. The van der Waals surface area contributed by atoms with Crippen LogP contribution in [0, 0.1) is 0 Å². The van der Waals surface area contributed by atoms with Crippen molar-refractivity contribution in [3.8, 4) is 0 Å². The van der Waals surface area contributed by atoms with Gasteiger partial charge in [0.2, 0.25) is 0 Å². The number of hydrogen-bond acceptors (Lipinski definition) is 4. The number of morpholine rings is 1. The van der Waals surface area contributed by atoms with Crippen LogP contribution in [0.2, 0.25) is 0 Å². The largest absolute Gasteiger partial charge is 0.407 e. The minimum atomic E-state index is -3.05. The molecule has 6 heteroatoms. The summed E-state index contributed by atoms with van der Waals surface area (Å²) in [4.78, 5) is 2.06. The van der Waals surface area contributed by atoms with Gasteiger partial charge in [-0.15, -0.1) is 0 Å². The van der Waals surface area contributed by atoms with E-state index in [-0.39, 0.29) is 6.61 Å². The number of rotatable bonds is 5. The first-order valence-electron chi connectivity index (χ1n) is 4.51. The van der Waals surface area contributed by atoms with Gasteiger partial charge in [-0.3, -0.25) is 4.90 Å². The third-order valence-electron chi connectivity index (χ3n) is 2.02. The summed E-state index contributed by atoms with van der Waals surface area (Å²) in [5, 5.41) is 0. The summed E-state index contributed by atoms with van der Waals surface area (Å²) in [6, 6.07) is 0. The minimum Gasteiger partial charge on any atom is -0.379 e. The molecule has 1 heterocycles. The topological polar surface area (TPSA) is 21.7 Å². The molecule has 0 amide bonds. The average Bonchev–Trinajstić information content (AvgIpc) is 2.19. The molecule has 0 saturated carbocycles. The first kappa shape index (κ1) is 12.2. The van der Waals surface area contributed by atoms with Crippen molar-refractivity contribution in [2.75, 3.05) is 45.7 Å². The molecule has 0 radical (unpaired) electrons. The van der Waals surface area contributed by atoms with Crippen molar-refractivity contribution < 1.29 is 18.3 Å². The molecule has 1 aliphatic heterocycles. The Bertz CT molecular complexity index is 165. The van der Waals surface area contributed by atoms with Gasteiger partial charge < -0.3 is 9.47 Å². The van der Waals surface area contributed by atoms with Crippen molar-refractivity contribution >= 4 is 11.8 Å². The van der Waals surface area contributed by atoms with Crippen molar-refractivity contribution in [1.29, 1.82) is 0 Å². The molecule has 1 aliphatic rings. The van der Waals surface area contributed by atoms with Gasteiger partial charge in [0.05, 0.1) is 19.8 Å². The number of halogens is 2. The third-order valence-corrected chi connectivity index (χ3v) is 2.61. The summed E-state index contributed by atoms with van der Waals surface area (Å²) in [5.41, 5.74) is -3.05. The van der Waals surface area contributed by atoms with Gasteiger partial charge in [-0.25, -0.2) is 0 Å². The van der Waals surface area contributed by atoms with Crippen molar-refractivity contribution in [2.24, 2.45) is 0 Å². The molecule has 1 saturated heterocycles. The number of alkyl halides is 2. The van der Waals surface area contributed by atoms with Crippen LogP contribution in [0.1, 0.15) is 0 Å². The minimum absolute atomic E-state index is 0.0633. The Morgan fingerprint density at radius 1 is 1.43 bits per heavy atom. The predicted octanol–water partition coefficient (Wildman–Crippen LogP) is 1.25. The van der Waals surface area contributed by atoms with Crippen LogP contribution in [0.15, 0.2) is 0 Å². The van der Waals surface area contributed by atoms with Crippen molar-refractivity contribution in [2.45, 2.75) is 5.44 Å². The van der Waals surface area contributed by atoms with Crippen LogP contribution >= 0.6 is 11.8 Å². The second kappa shape index (κ2) is 5.85. The first-order valence-corrected chi connectivity index (χ1v) is 5.73. The standard InChI is InChI=1S/C8H15F2NO2S/c1-14-8(9,10)13-7-4-11-2-5-12-6-3-11/h2-7H2,1H3. The van der Waals surface area contributed by atoms with Crippen LogP contribution in [0.4, 0.5) is 8.78 Å². The molecule has 0 unspecified atom stereocenters. The molecular formula is C8H15F2NO2S. The lowest BCUT2D eigenvalue weighted by Crippen LogP contribution is -2.39. The molecule has 14 heavy (non-hydrogen) atoms. The van der Waals surface area contributed by atoms with E-state index in [0.29, 0.717) is 31.5 Å². The van der Waals surface area contributed by atoms with Crippen LogP contribution in [0.25, 0.3) is 0 Å². The Morgan fingerprint density at radius 2 is 2.07 bits per heavy atom. The molecule has 84 valence electrons. The van der Waals surface area contributed by atoms with Crippen molar-refractivity contribution in [3.05, 3.63) is 0 Å². The number of nitrogens with zero attached hydrogens (tertiary/aromatic N) is 1. The molecule has 0 spiro atoms. The van der Waals surface area contributed by atoms with Gasteiger partial charge in [-0.2, -0.15) is 8.78 Å². The molecule has 0 aromatic carbocycles. The fourth-order valence-corrected chi connectivity index (χ4v) is 1.38. The molecule has 0 aromatic heterocycles. The molecule has 0 N–H and O–H groups in total. The summed E-state index contributed by atoms with van der Waals surface area (Å²) in [7, 11) is 0. The van der Waals surface area contributed by atoms with E-state index < -0.39 is 5.44 Å². The highest BCUT2D eigenvalue weighted by Gasteiger charge is 2.28. The highest BCUT2D eigenvalue weighted by Crippen LogP contribution is 2.27. The maximum absolute atomic E-state index is 12.6. The summed E-state index contributed by atoms with van der Waals surface area (Å²) < 4.78 is 34.8. The molecule has 0 aliphatic carbocycles. The van der Waals surface area contributed by atoms with E-state index in [0.717, 1.165) is 13.1 Å². The van der Waals surface area contributed by atoms with Gasteiger partial charge in [-0.1, -0.05) is 11.8 Å². The van der Waals surface area contributed by atoms with Gasteiger partial charge in [-0.05, 0) is 6.26 Å². The van der Waals surface area contributed by atoms with Crippen LogP contribution in [-0.2, 0) is 9.47 Å². The van der Waals surface area contributed by atoms with Crippen LogP contribution in [0.5, 0.6) is 0 Å². The molecule has 3 nitrogen and oxygen atoms in total. The maximum atomic E-state index is 12.6. The Kier molecular flexibility index (Phi) is 5.08. The fraction of sp³-hybridized carbons (Fsp3) is 1.00. The summed E-state index contributed by atoms with van der Waals surface area (Å²) in [6.07, 6.45) is 1.33. The van der Waals surface area contributed by atoms with E-state index in [4.69, 9.17) is 4.74 Å². The zero-order valence-corrected chi connectivity index (χ0v) is 8.99. The average molecular weight is 227 g/mol. The zero-order chi connectivity index (χ0) is 10.4. The Hall–Kier alpha value is 0.0900. The number of thioether (sulfide) groups is 1. The SMILES string of the molecule is CSC(F)(F)OCCN1CCOCC1. The van der Waals surface area contributed by atoms with E-state index in [1.807, 2.05) is 0 Å².